The number of carbonyl (C=O) groups excluding carboxylic acids is 1. The quantitative estimate of drug-likeness (QED) is 0.549. The Morgan fingerprint density at radius 1 is 1.06 bits per heavy atom. The van der Waals surface area contributed by atoms with Gasteiger partial charge in [0.05, 0.1) is 20.2 Å². The maximum atomic E-state index is 12.9. The molecule has 0 saturated carbocycles. The number of nitrogens with one attached hydrogen (secondary N) is 1. The normalized spacial score (nSPS) is 10.9. The third-order valence-corrected chi connectivity index (χ3v) is 5.10. The van der Waals surface area contributed by atoms with Crippen molar-refractivity contribution in [3.05, 3.63) is 86.6 Å². The molecule has 168 valence electrons. The second-order valence-electron chi connectivity index (χ2n) is 7.54. The first-order valence-electron chi connectivity index (χ1n) is 10.0. The highest BCUT2D eigenvalue weighted by Gasteiger charge is 2.22. The molecule has 1 amide bonds. The van der Waals surface area contributed by atoms with E-state index in [9.17, 15) is 14.4 Å². The summed E-state index contributed by atoms with van der Waals surface area (Å²) in [7, 11) is 4.87. The van der Waals surface area contributed by atoms with Crippen LogP contribution < -0.4 is 26.6 Å². The van der Waals surface area contributed by atoms with Crippen molar-refractivity contribution in [2.24, 2.45) is 0 Å². The summed E-state index contributed by atoms with van der Waals surface area (Å²) in [6.45, 7) is 0.730. The first-order valence-corrected chi connectivity index (χ1v) is 10.0. The number of aromatic amines is 1. The SMILES string of the molecule is COc1cccc(CN(C)CC(=O)N(C)c2c(N)n(Cc3ccccc3)c(=O)[nH]c2=O)c1. The van der Waals surface area contributed by atoms with Gasteiger partial charge in [-0.1, -0.05) is 42.5 Å². The fourth-order valence-electron chi connectivity index (χ4n) is 3.42. The second-order valence-corrected chi connectivity index (χ2v) is 7.54. The van der Waals surface area contributed by atoms with Gasteiger partial charge in [-0.05, 0) is 30.3 Å². The van der Waals surface area contributed by atoms with E-state index in [1.54, 1.807) is 14.2 Å². The van der Waals surface area contributed by atoms with Crippen LogP contribution in [0.25, 0.3) is 0 Å². The Morgan fingerprint density at radius 2 is 1.75 bits per heavy atom. The Bertz CT molecular complexity index is 1200. The molecule has 9 nitrogen and oxygen atoms in total. The Kier molecular flexibility index (Phi) is 7.11. The molecule has 9 heteroatoms. The van der Waals surface area contributed by atoms with Crippen LogP contribution in [0.4, 0.5) is 11.5 Å². The lowest BCUT2D eigenvalue weighted by molar-refractivity contribution is -0.119. The molecule has 32 heavy (non-hydrogen) atoms. The van der Waals surface area contributed by atoms with Crippen molar-refractivity contribution >= 4 is 17.4 Å². The number of nitrogens with two attached hydrogens (primary N) is 1. The highest BCUT2D eigenvalue weighted by molar-refractivity contribution is 5.96. The zero-order valence-corrected chi connectivity index (χ0v) is 18.4. The van der Waals surface area contributed by atoms with E-state index in [1.807, 2.05) is 59.5 Å². The summed E-state index contributed by atoms with van der Waals surface area (Å²) in [5.41, 5.74) is 6.61. The van der Waals surface area contributed by atoms with Gasteiger partial charge in [0.15, 0.2) is 5.69 Å². The highest BCUT2D eigenvalue weighted by Crippen LogP contribution is 2.17. The molecule has 3 N–H and O–H groups in total. The highest BCUT2D eigenvalue weighted by atomic mass is 16.5. The summed E-state index contributed by atoms with van der Waals surface area (Å²) < 4.78 is 6.48. The molecule has 0 fully saturated rings. The van der Waals surface area contributed by atoms with Crippen LogP contribution in [0, 0.1) is 0 Å². The largest absolute Gasteiger partial charge is 0.497 e. The molecular formula is C23H27N5O4. The number of amides is 1. The number of methoxy groups -OCH3 is 1. The van der Waals surface area contributed by atoms with Crippen molar-refractivity contribution in [2.45, 2.75) is 13.1 Å². The molecule has 0 aliphatic rings. The monoisotopic (exact) mass is 437 g/mol. The maximum Gasteiger partial charge on any atom is 0.330 e. The zero-order valence-electron chi connectivity index (χ0n) is 18.4. The summed E-state index contributed by atoms with van der Waals surface area (Å²) >= 11 is 0. The summed E-state index contributed by atoms with van der Waals surface area (Å²) in [6, 6.07) is 16.8. The van der Waals surface area contributed by atoms with Crippen LogP contribution >= 0.6 is 0 Å². The Hall–Kier alpha value is -3.85. The van der Waals surface area contributed by atoms with Crippen molar-refractivity contribution in [3.63, 3.8) is 0 Å². The minimum atomic E-state index is -0.705. The fraction of sp³-hybridized carbons (Fsp3) is 0.261. The zero-order chi connectivity index (χ0) is 23.3. The molecule has 3 rings (SSSR count). The number of hydrogen-bond acceptors (Lipinski definition) is 6. The van der Waals surface area contributed by atoms with Crippen LogP contribution in [-0.2, 0) is 17.9 Å². The van der Waals surface area contributed by atoms with Gasteiger partial charge < -0.3 is 15.4 Å². The lowest BCUT2D eigenvalue weighted by atomic mass is 10.2. The Morgan fingerprint density at radius 3 is 2.44 bits per heavy atom. The molecule has 0 spiro atoms. The van der Waals surface area contributed by atoms with Gasteiger partial charge in [0.1, 0.15) is 11.6 Å². The molecule has 1 aromatic heterocycles. The third kappa shape index (κ3) is 5.25. The average Bonchev–Trinajstić information content (AvgIpc) is 2.77. The van der Waals surface area contributed by atoms with Crippen molar-refractivity contribution in [1.29, 1.82) is 0 Å². The maximum absolute atomic E-state index is 12.9. The molecule has 0 aliphatic carbocycles. The van der Waals surface area contributed by atoms with Crippen LogP contribution in [0.2, 0.25) is 0 Å². The number of aromatic nitrogens is 2. The number of ether oxygens (including phenoxy) is 1. The van der Waals surface area contributed by atoms with E-state index in [2.05, 4.69) is 4.98 Å². The minimum absolute atomic E-state index is 0.0460. The Balaban J connectivity index is 1.79. The number of anilines is 2. The number of nitrogen functional groups attached to an aromatic ring is 1. The van der Waals surface area contributed by atoms with E-state index in [-0.39, 0.29) is 30.5 Å². The molecule has 1 heterocycles. The second kappa shape index (κ2) is 9.97. The van der Waals surface area contributed by atoms with Gasteiger partial charge in [0, 0.05) is 13.6 Å². The van der Waals surface area contributed by atoms with Gasteiger partial charge in [0.25, 0.3) is 5.56 Å². The van der Waals surface area contributed by atoms with Crippen LogP contribution in [-0.4, -0.2) is 48.1 Å². The molecule has 0 aliphatic heterocycles. The van der Waals surface area contributed by atoms with Gasteiger partial charge in [-0.2, -0.15) is 0 Å². The molecule has 3 aromatic rings. The first kappa shape index (κ1) is 22.8. The first-order chi connectivity index (χ1) is 15.3. The van der Waals surface area contributed by atoms with E-state index >= 15 is 0 Å². The number of likely N-dealkylation sites (N-methyl/N-ethyl adjacent to an activating group) is 2. The number of hydrogen-bond donors (Lipinski definition) is 2. The van der Waals surface area contributed by atoms with Crippen LogP contribution in [0.15, 0.2) is 64.2 Å². The van der Waals surface area contributed by atoms with E-state index in [0.29, 0.717) is 6.54 Å². The molecule has 0 atom stereocenters. The van der Waals surface area contributed by atoms with Gasteiger partial charge in [-0.3, -0.25) is 24.0 Å². The van der Waals surface area contributed by atoms with Crippen molar-refractivity contribution in [2.75, 3.05) is 38.4 Å². The standard InChI is InChI=1S/C23H27N5O4/c1-26(13-17-10-7-11-18(12-17)32-3)15-19(29)27(2)20-21(24)28(23(31)25-22(20)30)14-16-8-5-4-6-9-16/h4-12H,13-15,24H2,1-3H3,(H,25,30,31). The van der Waals surface area contributed by atoms with E-state index in [4.69, 9.17) is 10.5 Å². The molecule has 0 radical (unpaired) electrons. The summed E-state index contributed by atoms with van der Waals surface area (Å²) in [5, 5.41) is 0. The van der Waals surface area contributed by atoms with E-state index in [1.165, 1.54) is 16.5 Å². The van der Waals surface area contributed by atoms with Crippen molar-refractivity contribution < 1.29 is 9.53 Å². The van der Waals surface area contributed by atoms with Gasteiger partial charge in [-0.25, -0.2) is 4.79 Å². The fourth-order valence-corrected chi connectivity index (χ4v) is 3.42. The lowest BCUT2D eigenvalue weighted by Gasteiger charge is -2.23. The number of rotatable bonds is 8. The molecule has 0 bridgehead atoms. The average molecular weight is 438 g/mol. The van der Waals surface area contributed by atoms with Crippen molar-refractivity contribution in [1.82, 2.24) is 14.5 Å². The molecular weight excluding hydrogens is 410 g/mol. The third-order valence-electron chi connectivity index (χ3n) is 5.10. The predicted octanol–water partition coefficient (Wildman–Crippen LogP) is 1.27. The topological polar surface area (TPSA) is 114 Å². The van der Waals surface area contributed by atoms with Crippen LogP contribution in [0.3, 0.4) is 0 Å². The van der Waals surface area contributed by atoms with Gasteiger partial charge >= 0.3 is 5.69 Å². The minimum Gasteiger partial charge on any atom is -0.497 e. The van der Waals surface area contributed by atoms with Gasteiger partial charge in [-0.15, -0.1) is 0 Å². The summed E-state index contributed by atoms with van der Waals surface area (Å²) in [5.74, 6) is 0.339. The number of carbonyl (C=O) groups is 1. The summed E-state index contributed by atoms with van der Waals surface area (Å²) in [4.78, 5) is 43.0. The number of benzene rings is 2. The van der Waals surface area contributed by atoms with Crippen LogP contribution in [0.5, 0.6) is 5.75 Å². The van der Waals surface area contributed by atoms with Gasteiger partial charge in [0.2, 0.25) is 5.91 Å². The smallest absolute Gasteiger partial charge is 0.330 e. The van der Waals surface area contributed by atoms with E-state index in [0.717, 1.165) is 16.9 Å². The number of nitrogens with zero attached hydrogens (tertiary/aromatic N) is 3. The van der Waals surface area contributed by atoms with Crippen molar-refractivity contribution in [3.8, 4) is 5.75 Å². The van der Waals surface area contributed by atoms with E-state index < -0.39 is 11.2 Å². The Labute approximate surface area is 185 Å². The molecule has 2 aromatic carbocycles. The predicted molar refractivity (Wildman–Crippen MR) is 124 cm³/mol. The molecule has 0 saturated heterocycles. The molecule has 0 unspecified atom stereocenters. The lowest BCUT2D eigenvalue weighted by Crippen LogP contribution is -2.42. The summed E-state index contributed by atoms with van der Waals surface area (Å²) in [6.07, 6.45) is 0. The number of H-pyrrole nitrogens is 1. The van der Waals surface area contributed by atoms with Crippen LogP contribution in [0.1, 0.15) is 11.1 Å².